The number of hydrazine groups is 1. The molecule has 0 saturated heterocycles. The molecule has 29 heavy (non-hydrogen) atoms. The third kappa shape index (κ3) is 8.50. The lowest BCUT2D eigenvalue weighted by atomic mass is 10.1. The van der Waals surface area contributed by atoms with Crippen LogP contribution in [0.15, 0.2) is 48.5 Å². The van der Waals surface area contributed by atoms with E-state index in [2.05, 4.69) is 30.0 Å². The minimum absolute atomic E-state index is 0.00304. The Morgan fingerprint density at radius 1 is 1.03 bits per heavy atom. The summed E-state index contributed by atoms with van der Waals surface area (Å²) in [6.07, 6.45) is 1.12. The zero-order chi connectivity index (χ0) is 21.2. The SMILES string of the molecule is CC(C)CCOc1ccc(C(=O)NC(=S)NNC(=O)Cc2ccc(Cl)cc2)cc1. The number of carbonyl (C=O) groups excluding carboxylic acids is 2. The van der Waals surface area contributed by atoms with E-state index in [9.17, 15) is 9.59 Å². The van der Waals surface area contributed by atoms with Gasteiger partial charge in [-0.15, -0.1) is 0 Å². The average Bonchev–Trinajstić information content (AvgIpc) is 2.68. The maximum absolute atomic E-state index is 12.2. The van der Waals surface area contributed by atoms with Gasteiger partial charge in [0, 0.05) is 10.6 Å². The van der Waals surface area contributed by atoms with E-state index in [1.54, 1.807) is 48.5 Å². The lowest BCUT2D eigenvalue weighted by molar-refractivity contribution is -0.121. The first-order valence-corrected chi connectivity index (χ1v) is 9.99. The van der Waals surface area contributed by atoms with Gasteiger partial charge in [-0.1, -0.05) is 37.6 Å². The highest BCUT2D eigenvalue weighted by Crippen LogP contribution is 2.13. The minimum atomic E-state index is -0.386. The van der Waals surface area contributed by atoms with Gasteiger partial charge in [-0.3, -0.25) is 25.8 Å². The zero-order valence-corrected chi connectivity index (χ0v) is 17.9. The van der Waals surface area contributed by atoms with Gasteiger partial charge in [0.25, 0.3) is 5.91 Å². The molecule has 154 valence electrons. The monoisotopic (exact) mass is 433 g/mol. The molecular formula is C21H24ClN3O3S. The van der Waals surface area contributed by atoms with Crippen molar-refractivity contribution < 1.29 is 14.3 Å². The molecule has 0 aliphatic carbocycles. The summed E-state index contributed by atoms with van der Waals surface area (Å²) in [7, 11) is 0. The number of carbonyl (C=O) groups is 2. The first kappa shape index (κ1) is 22.6. The predicted octanol–water partition coefficient (Wildman–Crippen LogP) is 3.64. The first-order chi connectivity index (χ1) is 13.8. The number of thiocarbonyl (C=S) groups is 1. The van der Waals surface area contributed by atoms with Crippen molar-refractivity contribution in [3.05, 3.63) is 64.7 Å². The van der Waals surface area contributed by atoms with Crippen LogP contribution in [0.1, 0.15) is 36.2 Å². The van der Waals surface area contributed by atoms with E-state index in [0.717, 1.165) is 12.0 Å². The molecular weight excluding hydrogens is 410 g/mol. The standard InChI is InChI=1S/C21H24ClN3O3S/c1-14(2)11-12-28-18-9-5-16(6-10-18)20(27)23-21(29)25-24-19(26)13-15-3-7-17(22)8-4-15/h3-10,14H,11-13H2,1-2H3,(H,24,26)(H2,23,25,27,29). The highest BCUT2D eigenvalue weighted by molar-refractivity contribution is 7.80. The van der Waals surface area contributed by atoms with Crippen LogP contribution >= 0.6 is 23.8 Å². The number of hydrogen-bond acceptors (Lipinski definition) is 4. The van der Waals surface area contributed by atoms with E-state index in [-0.39, 0.29) is 23.3 Å². The van der Waals surface area contributed by atoms with E-state index >= 15 is 0 Å². The summed E-state index contributed by atoms with van der Waals surface area (Å²) in [5.74, 6) is 0.590. The molecule has 2 aromatic carbocycles. The normalized spacial score (nSPS) is 10.3. The van der Waals surface area contributed by atoms with Crippen LogP contribution in [-0.2, 0) is 11.2 Å². The molecule has 2 aromatic rings. The molecule has 6 nitrogen and oxygen atoms in total. The Hall–Kier alpha value is -2.64. The Morgan fingerprint density at radius 3 is 2.31 bits per heavy atom. The van der Waals surface area contributed by atoms with Crippen molar-refractivity contribution in [2.24, 2.45) is 5.92 Å². The molecule has 0 heterocycles. The molecule has 0 aliphatic heterocycles. The van der Waals surface area contributed by atoms with Crippen molar-refractivity contribution in [1.29, 1.82) is 0 Å². The lowest BCUT2D eigenvalue weighted by Crippen LogP contribution is -2.48. The summed E-state index contributed by atoms with van der Waals surface area (Å²) in [6, 6.07) is 13.7. The Labute approximate surface area is 180 Å². The van der Waals surface area contributed by atoms with Crippen LogP contribution in [0.4, 0.5) is 0 Å². The summed E-state index contributed by atoms with van der Waals surface area (Å²) >= 11 is 10.9. The molecule has 0 aromatic heterocycles. The van der Waals surface area contributed by atoms with Crippen molar-refractivity contribution in [1.82, 2.24) is 16.2 Å². The number of halogens is 1. The lowest BCUT2D eigenvalue weighted by Gasteiger charge is -2.11. The van der Waals surface area contributed by atoms with Crippen LogP contribution in [0.3, 0.4) is 0 Å². The Kier molecular flexibility index (Phi) is 8.89. The molecule has 2 amide bonds. The Morgan fingerprint density at radius 2 is 1.69 bits per heavy atom. The third-order valence-electron chi connectivity index (χ3n) is 3.90. The molecule has 0 saturated carbocycles. The Bertz CT molecular complexity index is 839. The summed E-state index contributed by atoms with van der Waals surface area (Å²) < 4.78 is 5.63. The molecule has 0 aliphatic rings. The molecule has 0 radical (unpaired) electrons. The van der Waals surface area contributed by atoms with Gasteiger partial charge in [-0.25, -0.2) is 0 Å². The smallest absolute Gasteiger partial charge is 0.257 e. The van der Waals surface area contributed by atoms with Gasteiger partial charge in [-0.05, 0) is 66.5 Å². The van der Waals surface area contributed by atoms with Crippen molar-refractivity contribution >= 4 is 40.7 Å². The maximum atomic E-state index is 12.2. The van der Waals surface area contributed by atoms with E-state index in [4.69, 9.17) is 28.6 Å². The molecule has 0 spiro atoms. The van der Waals surface area contributed by atoms with Crippen molar-refractivity contribution in [2.45, 2.75) is 26.7 Å². The summed E-state index contributed by atoms with van der Waals surface area (Å²) in [6.45, 7) is 4.90. The molecule has 3 N–H and O–H groups in total. The van der Waals surface area contributed by atoms with Crippen LogP contribution < -0.4 is 20.9 Å². The number of benzene rings is 2. The second-order valence-electron chi connectivity index (χ2n) is 6.82. The van der Waals surface area contributed by atoms with E-state index in [0.29, 0.717) is 28.9 Å². The van der Waals surface area contributed by atoms with Gasteiger partial charge < -0.3 is 4.74 Å². The average molecular weight is 434 g/mol. The fourth-order valence-electron chi connectivity index (χ4n) is 2.28. The zero-order valence-electron chi connectivity index (χ0n) is 16.3. The Balaban J connectivity index is 1.74. The van der Waals surface area contributed by atoms with Gasteiger partial charge >= 0.3 is 0 Å². The van der Waals surface area contributed by atoms with Gasteiger partial charge in [0.2, 0.25) is 5.91 Å². The topological polar surface area (TPSA) is 79.5 Å². The van der Waals surface area contributed by atoms with Crippen LogP contribution in [0.5, 0.6) is 5.75 Å². The summed E-state index contributed by atoms with van der Waals surface area (Å²) in [5.41, 5.74) is 6.19. The second-order valence-corrected chi connectivity index (χ2v) is 7.66. The molecule has 0 unspecified atom stereocenters. The van der Waals surface area contributed by atoms with E-state index in [1.807, 2.05) is 0 Å². The summed E-state index contributed by atoms with van der Waals surface area (Å²) in [5, 5.41) is 3.11. The van der Waals surface area contributed by atoms with Crippen molar-refractivity contribution in [3.63, 3.8) is 0 Å². The number of amides is 2. The fourth-order valence-corrected chi connectivity index (χ4v) is 2.55. The van der Waals surface area contributed by atoms with Crippen LogP contribution in [0.2, 0.25) is 5.02 Å². The number of hydrogen-bond donors (Lipinski definition) is 3. The van der Waals surface area contributed by atoms with Gasteiger partial charge in [-0.2, -0.15) is 0 Å². The van der Waals surface area contributed by atoms with Crippen LogP contribution in [0.25, 0.3) is 0 Å². The number of rotatable bonds is 7. The number of ether oxygens (including phenoxy) is 1. The van der Waals surface area contributed by atoms with Crippen LogP contribution in [0, 0.1) is 5.92 Å². The van der Waals surface area contributed by atoms with Crippen LogP contribution in [-0.4, -0.2) is 23.5 Å². The van der Waals surface area contributed by atoms with Crippen molar-refractivity contribution in [3.8, 4) is 5.75 Å². The van der Waals surface area contributed by atoms with Gasteiger partial charge in [0.15, 0.2) is 5.11 Å². The maximum Gasteiger partial charge on any atom is 0.257 e. The third-order valence-corrected chi connectivity index (χ3v) is 4.36. The molecule has 8 heteroatoms. The van der Waals surface area contributed by atoms with Gasteiger partial charge in [0.1, 0.15) is 5.75 Å². The highest BCUT2D eigenvalue weighted by atomic mass is 35.5. The quantitative estimate of drug-likeness (QED) is 0.459. The molecule has 2 rings (SSSR count). The highest BCUT2D eigenvalue weighted by Gasteiger charge is 2.09. The van der Waals surface area contributed by atoms with E-state index < -0.39 is 0 Å². The number of nitrogens with one attached hydrogen (secondary N) is 3. The molecule has 0 fully saturated rings. The second kappa shape index (κ2) is 11.4. The largest absolute Gasteiger partial charge is 0.494 e. The minimum Gasteiger partial charge on any atom is -0.494 e. The van der Waals surface area contributed by atoms with Gasteiger partial charge in [0.05, 0.1) is 13.0 Å². The first-order valence-electron chi connectivity index (χ1n) is 9.21. The molecule has 0 bridgehead atoms. The summed E-state index contributed by atoms with van der Waals surface area (Å²) in [4.78, 5) is 24.2. The predicted molar refractivity (Wildman–Crippen MR) is 118 cm³/mol. The molecule has 0 atom stereocenters. The van der Waals surface area contributed by atoms with E-state index in [1.165, 1.54) is 0 Å². The van der Waals surface area contributed by atoms with Crippen molar-refractivity contribution in [2.75, 3.05) is 6.61 Å². The fraction of sp³-hybridized carbons (Fsp3) is 0.286.